The number of nitrogens with zero attached hydrogens (tertiary/aromatic N) is 1. The molecule has 0 bridgehead atoms. The lowest BCUT2D eigenvalue weighted by molar-refractivity contribution is 0.0666. The lowest BCUT2D eigenvalue weighted by atomic mass is 9.77. The highest BCUT2D eigenvalue weighted by molar-refractivity contribution is 5.09. The third kappa shape index (κ3) is 3.81. The fraction of sp³-hybridized carbons (Fsp3) is 0.688. The van der Waals surface area contributed by atoms with E-state index in [1.807, 2.05) is 24.5 Å². The van der Waals surface area contributed by atoms with E-state index in [1.165, 1.54) is 37.7 Å². The molecule has 0 radical (unpaired) electrons. The van der Waals surface area contributed by atoms with Crippen LogP contribution in [0.25, 0.3) is 0 Å². The number of aliphatic hydroxyl groups excluding tert-OH is 1. The van der Waals surface area contributed by atoms with Crippen LogP contribution in [0.5, 0.6) is 0 Å². The molecule has 1 N–H and O–H groups in total. The molecule has 2 rings (SSSR count). The fourth-order valence-corrected chi connectivity index (χ4v) is 3.08. The van der Waals surface area contributed by atoms with Gasteiger partial charge in [-0.2, -0.15) is 0 Å². The predicted octanol–water partition coefficient (Wildman–Crippen LogP) is 3.59. The minimum absolute atomic E-state index is 0.115. The molecule has 1 aliphatic carbocycles. The van der Waals surface area contributed by atoms with Crippen molar-refractivity contribution in [1.29, 1.82) is 0 Å². The third-order valence-corrected chi connectivity index (χ3v) is 4.49. The van der Waals surface area contributed by atoms with E-state index in [4.69, 9.17) is 0 Å². The highest BCUT2D eigenvalue weighted by Crippen LogP contribution is 2.33. The SMILES string of the molecule is CCC1CCC(C(O)CCc2ccncc2)CC1. The Bertz CT molecular complexity index is 330. The summed E-state index contributed by atoms with van der Waals surface area (Å²) in [5.74, 6) is 1.45. The average molecular weight is 247 g/mol. The van der Waals surface area contributed by atoms with Gasteiger partial charge in [0.2, 0.25) is 0 Å². The topological polar surface area (TPSA) is 33.1 Å². The minimum atomic E-state index is -0.115. The van der Waals surface area contributed by atoms with Crippen LogP contribution >= 0.6 is 0 Å². The van der Waals surface area contributed by atoms with Gasteiger partial charge in [-0.25, -0.2) is 0 Å². The summed E-state index contributed by atoms with van der Waals surface area (Å²) in [5.41, 5.74) is 1.28. The van der Waals surface area contributed by atoms with Gasteiger partial charge in [0.05, 0.1) is 6.10 Å². The summed E-state index contributed by atoms with van der Waals surface area (Å²) >= 11 is 0. The van der Waals surface area contributed by atoms with Gasteiger partial charge in [0.15, 0.2) is 0 Å². The summed E-state index contributed by atoms with van der Waals surface area (Å²) in [5, 5.41) is 10.3. The van der Waals surface area contributed by atoms with Crippen LogP contribution in [-0.2, 0) is 6.42 Å². The van der Waals surface area contributed by atoms with Crippen molar-refractivity contribution in [1.82, 2.24) is 4.98 Å². The van der Waals surface area contributed by atoms with Gasteiger partial charge in [0.25, 0.3) is 0 Å². The van der Waals surface area contributed by atoms with Gasteiger partial charge in [-0.15, -0.1) is 0 Å². The lowest BCUT2D eigenvalue weighted by Crippen LogP contribution is -2.26. The molecule has 18 heavy (non-hydrogen) atoms. The molecular weight excluding hydrogens is 222 g/mol. The maximum absolute atomic E-state index is 10.3. The Morgan fingerprint density at radius 2 is 1.89 bits per heavy atom. The second-order valence-corrected chi connectivity index (χ2v) is 5.65. The minimum Gasteiger partial charge on any atom is -0.393 e. The van der Waals surface area contributed by atoms with E-state index < -0.39 is 0 Å². The summed E-state index contributed by atoms with van der Waals surface area (Å²) in [4.78, 5) is 4.02. The summed E-state index contributed by atoms with van der Waals surface area (Å²) in [6, 6.07) is 4.08. The number of hydrogen-bond donors (Lipinski definition) is 1. The van der Waals surface area contributed by atoms with Crippen LogP contribution in [0.2, 0.25) is 0 Å². The van der Waals surface area contributed by atoms with E-state index in [0.29, 0.717) is 5.92 Å². The van der Waals surface area contributed by atoms with Crippen molar-refractivity contribution in [2.24, 2.45) is 11.8 Å². The van der Waals surface area contributed by atoms with Crippen molar-refractivity contribution < 1.29 is 5.11 Å². The largest absolute Gasteiger partial charge is 0.393 e. The lowest BCUT2D eigenvalue weighted by Gasteiger charge is -2.31. The van der Waals surface area contributed by atoms with Gasteiger partial charge in [-0.1, -0.05) is 26.2 Å². The van der Waals surface area contributed by atoms with Crippen molar-refractivity contribution in [3.05, 3.63) is 30.1 Å². The number of aryl methyl sites for hydroxylation is 1. The van der Waals surface area contributed by atoms with Crippen LogP contribution < -0.4 is 0 Å². The first-order chi connectivity index (χ1) is 8.79. The summed E-state index contributed by atoms with van der Waals surface area (Å²) in [6.45, 7) is 2.28. The summed E-state index contributed by atoms with van der Waals surface area (Å²) in [6.07, 6.45) is 11.8. The first-order valence-corrected chi connectivity index (χ1v) is 7.36. The van der Waals surface area contributed by atoms with Crippen molar-refractivity contribution in [3.63, 3.8) is 0 Å². The molecular formula is C16H25NO. The van der Waals surface area contributed by atoms with E-state index in [-0.39, 0.29) is 6.10 Å². The number of hydrogen-bond acceptors (Lipinski definition) is 2. The summed E-state index contributed by atoms with van der Waals surface area (Å²) < 4.78 is 0. The molecule has 1 saturated carbocycles. The zero-order valence-corrected chi connectivity index (χ0v) is 11.4. The monoisotopic (exact) mass is 247 g/mol. The molecule has 1 aromatic heterocycles. The zero-order chi connectivity index (χ0) is 12.8. The second kappa shape index (κ2) is 6.89. The van der Waals surface area contributed by atoms with Crippen molar-refractivity contribution in [3.8, 4) is 0 Å². The Morgan fingerprint density at radius 3 is 2.50 bits per heavy atom. The van der Waals surface area contributed by atoms with Crippen LogP contribution in [0.1, 0.15) is 51.0 Å². The summed E-state index contributed by atoms with van der Waals surface area (Å²) in [7, 11) is 0. The molecule has 0 spiro atoms. The van der Waals surface area contributed by atoms with Crippen molar-refractivity contribution in [2.45, 2.75) is 58.0 Å². The molecule has 1 unspecified atom stereocenters. The second-order valence-electron chi connectivity index (χ2n) is 5.65. The Balaban J connectivity index is 1.73. The van der Waals surface area contributed by atoms with E-state index in [0.717, 1.165) is 18.8 Å². The maximum atomic E-state index is 10.3. The molecule has 2 heteroatoms. The molecule has 1 aliphatic rings. The van der Waals surface area contributed by atoms with E-state index in [1.54, 1.807) is 0 Å². The van der Waals surface area contributed by atoms with Crippen molar-refractivity contribution in [2.75, 3.05) is 0 Å². The molecule has 0 aromatic carbocycles. The normalized spacial score (nSPS) is 25.9. The Labute approximate surface area is 110 Å². The molecule has 0 aliphatic heterocycles. The van der Waals surface area contributed by atoms with Gasteiger partial charge in [0.1, 0.15) is 0 Å². The van der Waals surface area contributed by atoms with Crippen LogP contribution in [0.15, 0.2) is 24.5 Å². The molecule has 0 saturated heterocycles. The highest BCUT2D eigenvalue weighted by atomic mass is 16.3. The van der Waals surface area contributed by atoms with Crippen molar-refractivity contribution >= 4 is 0 Å². The highest BCUT2D eigenvalue weighted by Gasteiger charge is 2.25. The first-order valence-electron chi connectivity index (χ1n) is 7.36. The van der Waals surface area contributed by atoms with Gasteiger partial charge in [-0.05, 0) is 55.2 Å². The fourth-order valence-electron chi connectivity index (χ4n) is 3.08. The number of aliphatic hydroxyl groups is 1. The Morgan fingerprint density at radius 1 is 1.22 bits per heavy atom. The molecule has 1 heterocycles. The van der Waals surface area contributed by atoms with E-state index in [2.05, 4.69) is 11.9 Å². The maximum Gasteiger partial charge on any atom is 0.0571 e. The molecule has 100 valence electrons. The van der Waals surface area contributed by atoms with Crippen LogP contribution in [0, 0.1) is 11.8 Å². The van der Waals surface area contributed by atoms with Crippen LogP contribution in [0.4, 0.5) is 0 Å². The quantitative estimate of drug-likeness (QED) is 0.862. The average Bonchev–Trinajstić information content (AvgIpc) is 2.46. The van der Waals surface area contributed by atoms with Gasteiger partial charge in [-0.3, -0.25) is 4.98 Å². The predicted molar refractivity (Wildman–Crippen MR) is 74.3 cm³/mol. The molecule has 1 fully saturated rings. The van der Waals surface area contributed by atoms with Gasteiger partial charge in [0, 0.05) is 12.4 Å². The number of pyridine rings is 1. The van der Waals surface area contributed by atoms with Crippen LogP contribution in [-0.4, -0.2) is 16.2 Å². The third-order valence-electron chi connectivity index (χ3n) is 4.49. The molecule has 1 aromatic rings. The Kier molecular flexibility index (Phi) is 5.18. The molecule has 2 nitrogen and oxygen atoms in total. The molecule has 1 atom stereocenters. The first kappa shape index (κ1) is 13.5. The Hall–Kier alpha value is -0.890. The standard InChI is InChI=1S/C16H25NO/c1-2-13-3-6-15(7-4-13)16(18)8-5-14-9-11-17-12-10-14/h9-13,15-16,18H,2-8H2,1H3. The number of rotatable bonds is 5. The van der Waals surface area contributed by atoms with Gasteiger partial charge < -0.3 is 5.11 Å². The smallest absolute Gasteiger partial charge is 0.0571 e. The van der Waals surface area contributed by atoms with Gasteiger partial charge >= 0.3 is 0 Å². The number of aromatic nitrogens is 1. The zero-order valence-electron chi connectivity index (χ0n) is 11.4. The van der Waals surface area contributed by atoms with Crippen LogP contribution in [0.3, 0.4) is 0 Å². The van der Waals surface area contributed by atoms with E-state index in [9.17, 15) is 5.11 Å². The molecule has 0 amide bonds. The van der Waals surface area contributed by atoms with E-state index >= 15 is 0 Å².